The molecule has 2 N–H and O–H groups in total. The van der Waals surface area contributed by atoms with Crippen LogP contribution in [0.1, 0.15) is 29.8 Å². The fourth-order valence-electron chi connectivity index (χ4n) is 1.60. The van der Waals surface area contributed by atoms with E-state index in [1.54, 1.807) is 0 Å². The summed E-state index contributed by atoms with van der Waals surface area (Å²) in [7, 11) is 0. The Kier molecular flexibility index (Phi) is 7.44. The van der Waals surface area contributed by atoms with Crippen molar-refractivity contribution in [1.29, 1.82) is 0 Å². The molecule has 0 spiro atoms. The number of hydrogen-bond donors (Lipinski definition) is 2. The van der Waals surface area contributed by atoms with Crippen molar-refractivity contribution in [1.82, 2.24) is 5.32 Å². The average Bonchev–Trinajstić information content (AvgIpc) is 2.44. The number of rotatable bonds is 6. The van der Waals surface area contributed by atoms with Crippen LogP contribution in [0.2, 0.25) is 0 Å². The van der Waals surface area contributed by atoms with Gasteiger partial charge in [0, 0.05) is 18.7 Å². The van der Waals surface area contributed by atoms with Crippen LogP contribution in [0.15, 0.2) is 18.2 Å². The molecule has 0 radical (unpaired) electrons. The third kappa shape index (κ3) is 6.39. The Morgan fingerprint density at radius 1 is 1.48 bits per heavy atom. The minimum absolute atomic E-state index is 0.254. The monoisotopic (exact) mass is 293 g/mol. The van der Waals surface area contributed by atoms with Crippen molar-refractivity contribution in [3.05, 3.63) is 35.1 Å². The smallest absolute Gasteiger partial charge is 0.252 e. The van der Waals surface area contributed by atoms with Crippen LogP contribution in [0.4, 0.5) is 4.39 Å². The van der Waals surface area contributed by atoms with Gasteiger partial charge in [0.05, 0.1) is 12.2 Å². The molecule has 1 amide bonds. The van der Waals surface area contributed by atoms with Crippen molar-refractivity contribution in [3.8, 4) is 11.8 Å². The summed E-state index contributed by atoms with van der Waals surface area (Å²) in [6.45, 7) is 5.17. The fraction of sp³-hybridized carbons (Fsp3) is 0.438. The van der Waals surface area contributed by atoms with E-state index in [4.69, 9.17) is 9.84 Å². The average molecular weight is 293 g/mol. The summed E-state index contributed by atoms with van der Waals surface area (Å²) >= 11 is 0. The summed E-state index contributed by atoms with van der Waals surface area (Å²) < 4.78 is 18.5. The SMILES string of the molecule is CC(C)COCCNC(=O)c1ccc(F)cc1C#CCO. The molecule has 0 fully saturated rings. The lowest BCUT2D eigenvalue weighted by Gasteiger charge is -2.09. The largest absolute Gasteiger partial charge is 0.384 e. The number of aliphatic hydroxyl groups excluding tert-OH is 1. The highest BCUT2D eigenvalue weighted by Crippen LogP contribution is 2.10. The van der Waals surface area contributed by atoms with Gasteiger partial charge in [0.25, 0.3) is 5.91 Å². The second kappa shape index (κ2) is 9.11. The van der Waals surface area contributed by atoms with Gasteiger partial charge in [-0.3, -0.25) is 4.79 Å². The summed E-state index contributed by atoms with van der Waals surface area (Å²) in [5.41, 5.74) is 0.533. The van der Waals surface area contributed by atoms with Gasteiger partial charge in [-0.1, -0.05) is 25.7 Å². The van der Waals surface area contributed by atoms with Gasteiger partial charge in [0.15, 0.2) is 0 Å². The third-order valence-corrected chi connectivity index (χ3v) is 2.51. The summed E-state index contributed by atoms with van der Waals surface area (Å²) in [5, 5.41) is 11.4. The highest BCUT2D eigenvalue weighted by molar-refractivity contribution is 5.96. The highest BCUT2D eigenvalue weighted by atomic mass is 19.1. The molecule has 4 nitrogen and oxygen atoms in total. The van der Waals surface area contributed by atoms with Gasteiger partial charge >= 0.3 is 0 Å². The predicted octanol–water partition coefficient (Wildman–Crippen LogP) is 1.57. The van der Waals surface area contributed by atoms with Gasteiger partial charge in [-0.15, -0.1) is 0 Å². The summed E-state index contributed by atoms with van der Waals surface area (Å²) in [6, 6.07) is 3.75. The number of aliphatic hydroxyl groups is 1. The van der Waals surface area contributed by atoms with Crippen LogP contribution >= 0.6 is 0 Å². The molecule has 21 heavy (non-hydrogen) atoms. The number of halogens is 1. The molecular weight excluding hydrogens is 273 g/mol. The van der Waals surface area contributed by atoms with E-state index in [1.165, 1.54) is 18.2 Å². The highest BCUT2D eigenvalue weighted by Gasteiger charge is 2.10. The van der Waals surface area contributed by atoms with Crippen LogP contribution < -0.4 is 5.32 Å². The van der Waals surface area contributed by atoms with Gasteiger partial charge in [0.1, 0.15) is 12.4 Å². The van der Waals surface area contributed by atoms with Gasteiger partial charge in [0.2, 0.25) is 0 Å². The van der Waals surface area contributed by atoms with Gasteiger partial charge < -0.3 is 15.2 Å². The third-order valence-electron chi connectivity index (χ3n) is 2.51. The Bertz CT molecular complexity index is 532. The molecular formula is C16H20FNO3. The van der Waals surface area contributed by atoms with E-state index < -0.39 is 5.82 Å². The van der Waals surface area contributed by atoms with Crippen molar-refractivity contribution in [3.63, 3.8) is 0 Å². The van der Waals surface area contributed by atoms with E-state index in [0.29, 0.717) is 25.7 Å². The van der Waals surface area contributed by atoms with E-state index >= 15 is 0 Å². The van der Waals surface area contributed by atoms with Crippen LogP contribution in [0.5, 0.6) is 0 Å². The molecule has 0 heterocycles. The maximum atomic E-state index is 13.2. The lowest BCUT2D eigenvalue weighted by molar-refractivity contribution is 0.0886. The number of benzene rings is 1. The van der Waals surface area contributed by atoms with Crippen molar-refractivity contribution in [2.75, 3.05) is 26.4 Å². The summed E-state index contributed by atoms with van der Waals surface area (Å²) in [6.07, 6.45) is 0. The molecule has 1 aromatic carbocycles. The Morgan fingerprint density at radius 2 is 2.24 bits per heavy atom. The molecule has 114 valence electrons. The van der Waals surface area contributed by atoms with Crippen LogP contribution in [0.25, 0.3) is 0 Å². The van der Waals surface area contributed by atoms with Gasteiger partial charge in [-0.05, 0) is 24.1 Å². The fourth-order valence-corrected chi connectivity index (χ4v) is 1.60. The van der Waals surface area contributed by atoms with E-state index in [2.05, 4.69) is 17.2 Å². The molecule has 0 aliphatic carbocycles. The van der Waals surface area contributed by atoms with Crippen LogP contribution in [0.3, 0.4) is 0 Å². The maximum Gasteiger partial charge on any atom is 0.252 e. The number of ether oxygens (including phenoxy) is 1. The first-order chi connectivity index (χ1) is 10.0. The minimum atomic E-state index is -0.478. The number of carbonyl (C=O) groups excluding carboxylic acids is 1. The lowest BCUT2D eigenvalue weighted by atomic mass is 10.1. The number of hydrogen-bond acceptors (Lipinski definition) is 3. The van der Waals surface area contributed by atoms with Gasteiger partial charge in [-0.2, -0.15) is 0 Å². The zero-order valence-corrected chi connectivity index (χ0v) is 12.3. The summed E-state index contributed by atoms with van der Waals surface area (Å²) in [4.78, 5) is 12.0. The maximum absolute atomic E-state index is 13.2. The second-order valence-electron chi connectivity index (χ2n) is 4.87. The molecule has 0 aliphatic heterocycles. The minimum Gasteiger partial charge on any atom is -0.384 e. The molecule has 0 aliphatic rings. The van der Waals surface area contributed by atoms with Crippen LogP contribution in [-0.4, -0.2) is 37.4 Å². The Labute approximate surface area is 124 Å². The Hall–Kier alpha value is -1.90. The summed E-state index contributed by atoms with van der Waals surface area (Å²) in [5.74, 6) is 4.60. The standard InChI is InChI=1S/C16H20FNO3/c1-12(2)11-21-9-7-18-16(20)15-6-5-14(17)10-13(15)4-3-8-19/h5-6,10,12,19H,7-9,11H2,1-2H3,(H,18,20). The number of amides is 1. The lowest BCUT2D eigenvalue weighted by Crippen LogP contribution is -2.28. The van der Waals surface area contributed by atoms with E-state index in [-0.39, 0.29) is 23.6 Å². The second-order valence-corrected chi connectivity index (χ2v) is 4.87. The molecule has 1 aromatic rings. The first kappa shape index (κ1) is 17.2. The molecule has 1 rings (SSSR count). The zero-order chi connectivity index (χ0) is 15.7. The quantitative estimate of drug-likeness (QED) is 0.618. The Balaban J connectivity index is 2.61. The first-order valence-corrected chi connectivity index (χ1v) is 6.79. The molecule has 0 bridgehead atoms. The van der Waals surface area contributed by atoms with Crippen molar-refractivity contribution in [2.45, 2.75) is 13.8 Å². The predicted molar refractivity (Wildman–Crippen MR) is 78.4 cm³/mol. The molecule has 0 saturated heterocycles. The van der Waals surface area contributed by atoms with Crippen molar-refractivity contribution in [2.24, 2.45) is 5.92 Å². The molecule has 0 atom stereocenters. The molecule has 0 aromatic heterocycles. The van der Waals surface area contributed by atoms with Crippen molar-refractivity contribution >= 4 is 5.91 Å². The topological polar surface area (TPSA) is 58.6 Å². The van der Waals surface area contributed by atoms with Crippen molar-refractivity contribution < 1.29 is 19.0 Å². The van der Waals surface area contributed by atoms with Gasteiger partial charge in [-0.25, -0.2) is 4.39 Å². The van der Waals surface area contributed by atoms with E-state index in [0.717, 1.165) is 0 Å². The Morgan fingerprint density at radius 3 is 2.90 bits per heavy atom. The molecule has 0 unspecified atom stereocenters. The molecule has 0 saturated carbocycles. The van der Waals surface area contributed by atoms with Crippen LogP contribution in [-0.2, 0) is 4.74 Å². The molecule has 5 heteroatoms. The number of nitrogens with one attached hydrogen (secondary N) is 1. The number of carbonyl (C=O) groups is 1. The first-order valence-electron chi connectivity index (χ1n) is 6.79. The van der Waals surface area contributed by atoms with E-state index in [9.17, 15) is 9.18 Å². The normalized spacial score (nSPS) is 10.1. The van der Waals surface area contributed by atoms with Crippen LogP contribution in [0, 0.1) is 23.6 Å². The zero-order valence-electron chi connectivity index (χ0n) is 12.3. The van der Waals surface area contributed by atoms with E-state index in [1.807, 2.05) is 13.8 Å².